The maximum atomic E-state index is 11.0. The molecule has 0 aromatic rings. The molecule has 0 fully saturated rings. The van der Waals surface area contributed by atoms with Crippen LogP contribution in [0.15, 0.2) is 12.2 Å². The van der Waals surface area contributed by atoms with E-state index in [1.807, 2.05) is 0 Å². The van der Waals surface area contributed by atoms with Crippen LogP contribution < -0.4 is 0 Å². The molecule has 0 unspecified atom stereocenters. The van der Waals surface area contributed by atoms with Gasteiger partial charge in [-0.2, -0.15) is 0 Å². The lowest BCUT2D eigenvalue weighted by atomic mass is 10.4. The predicted octanol–water partition coefficient (Wildman–Crippen LogP) is 0.719. The summed E-state index contributed by atoms with van der Waals surface area (Å²) >= 11 is 0. The summed E-state index contributed by atoms with van der Waals surface area (Å²) in [4.78, 5) is 21.5. The van der Waals surface area contributed by atoms with E-state index >= 15 is 0 Å². The number of rotatable bonds is 13. The summed E-state index contributed by atoms with van der Waals surface area (Å²) in [5, 5.41) is 0. The van der Waals surface area contributed by atoms with E-state index in [1.54, 1.807) is 6.92 Å². The van der Waals surface area contributed by atoms with Crippen LogP contribution in [0.25, 0.3) is 0 Å². The van der Waals surface area contributed by atoms with Gasteiger partial charge < -0.3 is 23.7 Å². The van der Waals surface area contributed by atoms with Gasteiger partial charge >= 0.3 is 11.9 Å². The third-order valence-electron chi connectivity index (χ3n) is 2.09. The highest BCUT2D eigenvalue weighted by molar-refractivity contribution is 5.86. The molecule has 0 bridgehead atoms. The second-order valence-corrected chi connectivity index (χ2v) is 4.09. The Morgan fingerprint density at radius 2 is 1.10 bits per heavy atom. The van der Waals surface area contributed by atoms with Crippen molar-refractivity contribution in [2.24, 2.45) is 0 Å². The van der Waals surface area contributed by atoms with Gasteiger partial charge in [0.1, 0.15) is 13.2 Å². The summed E-state index contributed by atoms with van der Waals surface area (Å²) < 4.78 is 25.2. The normalized spacial score (nSPS) is 10.2. The van der Waals surface area contributed by atoms with Gasteiger partial charge in [0.2, 0.25) is 0 Å². The largest absolute Gasteiger partial charge is 0.463 e. The zero-order chi connectivity index (χ0) is 15.9. The van der Waals surface area contributed by atoms with Crippen LogP contribution in [0, 0.1) is 0 Å². The molecule has 0 atom stereocenters. The van der Waals surface area contributed by atoms with Crippen LogP contribution in [0.4, 0.5) is 0 Å². The Morgan fingerprint density at radius 3 is 1.48 bits per heavy atom. The van der Waals surface area contributed by atoms with Crippen LogP contribution in [0.2, 0.25) is 0 Å². The first-order valence-electron chi connectivity index (χ1n) is 6.73. The fraction of sp³-hybridized carbons (Fsp3) is 0.714. The molecular formula is C14H24O7. The van der Waals surface area contributed by atoms with Gasteiger partial charge in [0.15, 0.2) is 0 Å². The molecule has 0 amide bonds. The zero-order valence-corrected chi connectivity index (χ0v) is 12.7. The maximum Gasteiger partial charge on any atom is 0.333 e. The summed E-state index contributed by atoms with van der Waals surface area (Å²) in [6, 6.07) is 0. The van der Waals surface area contributed by atoms with Crippen molar-refractivity contribution in [3.05, 3.63) is 12.2 Å². The van der Waals surface area contributed by atoms with Crippen LogP contribution >= 0.6 is 0 Å². The molecule has 0 spiro atoms. The number of ether oxygens (including phenoxy) is 5. The molecule has 0 saturated carbocycles. The lowest BCUT2D eigenvalue weighted by Gasteiger charge is -2.07. The molecule has 0 saturated heterocycles. The number of carbonyl (C=O) groups excluding carboxylic acids is 2. The number of hydrogen-bond donors (Lipinski definition) is 0. The fourth-order valence-electron chi connectivity index (χ4n) is 1.10. The second-order valence-electron chi connectivity index (χ2n) is 4.09. The van der Waals surface area contributed by atoms with Crippen LogP contribution in [0.3, 0.4) is 0 Å². The first-order valence-corrected chi connectivity index (χ1v) is 6.73. The minimum Gasteiger partial charge on any atom is -0.463 e. The van der Waals surface area contributed by atoms with Crippen molar-refractivity contribution in [2.45, 2.75) is 13.8 Å². The summed E-state index contributed by atoms with van der Waals surface area (Å²) in [5.74, 6) is -0.735. The maximum absolute atomic E-state index is 11.0. The van der Waals surface area contributed by atoms with Crippen molar-refractivity contribution >= 4 is 11.9 Å². The smallest absolute Gasteiger partial charge is 0.333 e. The van der Waals surface area contributed by atoms with Gasteiger partial charge in [0.25, 0.3) is 0 Å². The van der Waals surface area contributed by atoms with Crippen molar-refractivity contribution in [3.63, 3.8) is 0 Å². The van der Waals surface area contributed by atoms with Crippen LogP contribution in [-0.4, -0.2) is 64.8 Å². The van der Waals surface area contributed by atoms with Gasteiger partial charge in [0, 0.05) is 12.5 Å². The first kappa shape index (κ1) is 19.6. The molecule has 0 aliphatic carbocycles. The number of esters is 2. The van der Waals surface area contributed by atoms with Crippen molar-refractivity contribution in [1.82, 2.24) is 0 Å². The Hall–Kier alpha value is -1.44. The van der Waals surface area contributed by atoms with Gasteiger partial charge in [-0.15, -0.1) is 0 Å². The van der Waals surface area contributed by atoms with Crippen molar-refractivity contribution in [1.29, 1.82) is 0 Å². The van der Waals surface area contributed by atoms with E-state index in [9.17, 15) is 9.59 Å². The molecule has 0 aromatic carbocycles. The van der Waals surface area contributed by atoms with Gasteiger partial charge in [-0.25, -0.2) is 4.79 Å². The third-order valence-corrected chi connectivity index (χ3v) is 2.09. The van der Waals surface area contributed by atoms with Gasteiger partial charge in [-0.05, 0) is 6.92 Å². The topological polar surface area (TPSA) is 80.3 Å². The molecular weight excluding hydrogens is 280 g/mol. The van der Waals surface area contributed by atoms with Gasteiger partial charge in [-0.1, -0.05) is 6.58 Å². The molecule has 0 aliphatic heterocycles. The van der Waals surface area contributed by atoms with E-state index in [-0.39, 0.29) is 19.2 Å². The van der Waals surface area contributed by atoms with Crippen molar-refractivity contribution in [2.75, 3.05) is 52.9 Å². The Morgan fingerprint density at radius 1 is 0.714 bits per heavy atom. The Kier molecular flexibility index (Phi) is 12.6. The molecule has 0 aliphatic rings. The highest BCUT2D eigenvalue weighted by atomic mass is 16.6. The van der Waals surface area contributed by atoms with Gasteiger partial charge in [-0.3, -0.25) is 4.79 Å². The second kappa shape index (κ2) is 13.5. The van der Waals surface area contributed by atoms with Crippen LogP contribution in [0.5, 0.6) is 0 Å². The highest BCUT2D eigenvalue weighted by Gasteiger charge is 2.01. The molecule has 0 radical (unpaired) electrons. The molecule has 122 valence electrons. The van der Waals surface area contributed by atoms with E-state index in [4.69, 9.17) is 23.7 Å². The summed E-state index contributed by atoms with van der Waals surface area (Å²) in [5.41, 5.74) is 0.368. The molecule has 21 heavy (non-hydrogen) atoms. The fourth-order valence-corrected chi connectivity index (χ4v) is 1.10. The third kappa shape index (κ3) is 14.8. The van der Waals surface area contributed by atoms with E-state index in [0.717, 1.165) is 0 Å². The average Bonchev–Trinajstić information content (AvgIpc) is 2.43. The molecule has 0 heterocycles. The minimum absolute atomic E-state index is 0.199. The van der Waals surface area contributed by atoms with E-state index < -0.39 is 5.97 Å². The summed E-state index contributed by atoms with van der Waals surface area (Å²) in [7, 11) is 0. The van der Waals surface area contributed by atoms with E-state index in [1.165, 1.54) is 6.92 Å². The lowest BCUT2D eigenvalue weighted by molar-refractivity contribution is -0.142. The molecule has 7 nitrogen and oxygen atoms in total. The van der Waals surface area contributed by atoms with Crippen LogP contribution in [-0.2, 0) is 33.3 Å². The highest BCUT2D eigenvalue weighted by Crippen LogP contribution is 1.91. The Balaban J connectivity index is 3.11. The van der Waals surface area contributed by atoms with E-state index in [0.29, 0.717) is 45.2 Å². The Labute approximate surface area is 125 Å². The molecule has 0 rings (SSSR count). The van der Waals surface area contributed by atoms with Gasteiger partial charge in [0.05, 0.1) is 39.6 Å². The average molecular weight is 304 g/mol. The summed E-state index contributed by atoms with van der Waals surface area (Å²) in [6.07, 6.45) is 0. The summed E-state index contributed by atoms with van der Waals surface area (Å²) in [6.45, 7) is 9.25. The minimum atomic E-state index is -0.416. The first-order chi connectivity index (χ1) is 10.0. The quantitative estimate of drug-likeness (QED) is 0.282. The zero-order valence-electron chi connectivity index (χ0n) is 12.7. The molecule has 7 heteroatoms. The standard InChI is InChI=1S/C14H24O7/c1-12(2)14(16)21-11-9-19-7-5-17-4-6-18-8-10-20-13(3)15/h1,4-11H2,2-3H3. The van der Waals surface area contributed by atoms with Crippen LogP contribution in [0.1, 0.15) is 13.8 Å². The molecule has 0 aromatic heterocycles. The monoisotopic (exact) mass is 304 g/mol. The van der Waals surface area contributed by atoms with Crippen molar-refractivity contribution in [3.8, 4) is 0 Å². The Bertz CT molecular complexity index is 314. The van der Waals surface area contributed by atoms with E-state index in [2.05, 4.69) is 6.58 Å². The lowest BCUT2D eigenvalue weighted by Crippen LogP contribution is -2.15. The number of carbonyl (C=O) groups is 2. The number of hydrogen-bond acceptors (Lipinski definition) is 7. The predicted molar refractivity (Wildman–Crippen MR) is 74.9 cm³/mol. The molecule has 0 N–H and O–H groups in total. The van der Waals surface area contributed by atoms with Crippen molar-refractivity contribution < 1.29 is 33.3 Å². The SMILES string of the molecule is C=C(C)C(=O)OCCOCCOCCOCCOC(C)=O.